The zero-order valence-corrected chi connectivity index (χ0v) is 11.8. The summed E-state index contributed by atoms with van der Waals surface area (Å²) < 4.78 is 5.38. The van der Waals surface area contributed by atoms with Crippen LogP contribution in [0.25, 0.3) is 0 Å². The number of hydrogen-bond acceptors (Lipinski definition) is 3. The van der Waals surface area contributed by atoms with Crippen LogP contribution in [-0.4, -0.2) is 28.6 Å². The van der Waals surface area contributed by atoms with Gasteiger partial charge in [0.15, 0.2) is 0 Å². The van der Waals surface area contributed by atoms with Gasteiger partial charge in [0.2, 0.25) is 0 Å². The Morgan fingerprint density at radius 1 is 1.47 bits per heavy atom. The fourth-order valence-electron chi connectivity index (χ4n) is 2.92. The Hall–Kier alpha value is -1.29. The molecule has 106 valence electrons. The van der Waals surface area contributed by atoms with E-state index in [-0.39, 0.29) is 0 Å². The van der Waals surface area contributed by atoms with Crippen molar-refractivity contribution < 1.29 is 14.3 Å². The fourth-order valence-corrected chi connectivity index (χ4v) is 2.92. The minimum Gasteiger partial charge on any atom is -0.478 e. The van der Waals surface area contributed by atoms with Crippen molar-refractivity contribution in [2.24, 2.45) is 5.92 Å². The van der Waals surface area contributed by atoms with E-state index in [0.717, 1.165) is 6.54 Å². The smallest absolute Gasteiger partial charge is 0.339 e. The normalized spacial score (nSPS) is 16.6. The number of rotatable bonds is 6. The maximum absolute atomic E-state index is 11.1. The van der Waals surface area contributed by atoms with Crippen LogP contribution < -0.4 is 0 Å². The number of carboxylic acid groups (broad SMARTS) is 1. The molecule has 1 N–H and O–H groups in total. The Bertz CT molecular complexity index is 419. The van der Waals surface area contributed by atoms with Crippen LogP contribution in [0.3, 0.4) is 0 Å². The molecule has 1 heterocycles. The van der Waals surface area contributed by atoms with Crippen LogP contribution in [0.2, 0.25) is 0 Å². The molecule has 0 spiro atoms. The summed E-state index contributed by atoms with van der Waals surface area (Å²) in [5.74, 6) is 0.253. The highest BCUT2D eigenvalue weighted by molar-refractivity contribution is 5.88. The fraction of sp³-hybridized carbons (Fsp3) is 0.667. The molecule has 19 heavy (non-hydrogen) atoms. The first-order valence-corrected chi connectivity index (χ1v) is 7.11. The lowest BCUT2D eigenvalue weighted by Crippen LogP contribution is -2.35. The topological polar surface area (TPSA) is 53.7 Å². The highest BCUT2D eigenvalue weighted by atomic mass is 16.4. The highest BCUT2D eigenvalue weighted by Gasteiger charge is 2.25. The third-order valence-electron chi connectivity index (χ3n) is 3.76. The largest absolute Gasteiger partial charge is 0.478 e. The van der Waals surface area contributed by atoms with Crippen LogP contribution in [0.5, 0.6) is 0 Å². The molecule has 1 aliphatic rings. The second-order valence-electron chi connectivity index (χ2n) is 5.82. The van der Waals surface area contributed by atoms with E-state index in [4.69, 9.17) is 9.52 Å². The third-order valence-corrected chi connectivity index (χ3v) is 3.76. The van der Waals surface area contributed by atoms with Crippen molar-refractivity contribution in [3.05, 3.63) is 23.7 Å². The van der Waals surface area contributed by atoms with Crippen molar-refractivity contribution >= 4 is 5.97 Å². The number of nitrogens with zero attached hydrogens (tertiary/aromatic N) is 1. The molecule has 4 nitrogen and oxygen atoms in total. The Morgan fingerprint density at radius 3 is 2.74 bits per heavy atom. The van der Waals surface area contributed by atoms with Crippen LogP contribution >= 0.6 is 0 Å². The average molecular weight is 265 g/mol. The quantitative estimate of drug-likeness (QED) is 0.856. The molecule has 1 fully saturated rings. The summed E-state index contributed by atoms with van der Waals surface area (Å²) in [6.07, 6.45) is 6.47. The summed E-state index contributed by atoms with van der Waals surface area (Å²) >= 11 is 0. The molecule has 0 saturated heterocycles. The van der Waals surface area contributed by atoms with Gasteiger partial charge >= 0.3 is 5.97 Å². The van der Waals surface area contributed by atoms with Crippen molar-refractivity contribution in [1.29, 1.82) is 0 Å². The summed E-state index contributed by atoms with van der Waals surface area (Å²) in [5.41, 5.74) is 0.298. The predicted molar refractivity (Wildman–Crippen MR) is 73.2 cm³/mol. The molecule has 1 aromatic rings. The number of carbonyl (C=O) groups is 1. The molecule has 0 aromatic carbocycles. The zero-order valence-electron chi connectivity index (χ0n) is 11.8. The highest BCUT2D eigenvalue weighted by Crippen LogP contribution is 2.26. The van der Waals surface area contributed by atoms with Gasteiger partial charge in [0.1, 0.15) is 11.3 Å². The molecule has 4 heteroatoms. The van der Waals surface area contributed by atoms with Crippen LogP contribution in [0.4, 0.5) is 0 Å². The molecule has 1 saturated carbocycles. The third kappa shape index (κ3) is 3.60. The van der Waals surface area contributed by atoms with Gasteiger partial charge in [-0.2, -0.15) is 0 Å². The Labute approximate surface area is 114 Å². The van der Waals surface area contributed by atoms with Gasteiger partial charge in [0, 0.05) is 12.6 Å². The predicted octanol–water partition coefficient (Wildman–Crippen LogP) is 3.38. The standard InChI is InChI=1S/C15H23NO3/c1-11(2)9-16(12-5-3-4-6-12)10-14-13(15(17)18)7-8-19-14/h7-8,11-12H,3-6,9-10H2,1-2H3,(H,17,18). The first-order chi connectivity index (χ1) is 9.08. The van der Waals surface area contributed by atoms with Gasteiger partial charge < -0.3 is 9.52 Å². The lowest BCUT2D eigenvalue weighted by atomic mass is 10.1. The van der Waals surface area contributed by atoms with Crippen molar-refractivity contribution in [2.75, 3.05) is 6.54 Å². The van der Waals surface area contributed by atoms with Gasteiger partial charge in [-0.05, 0) is 24.8 Å². The molecule has 0 unspecified atom stereocenters. The maximum atomic E-state index is 11.1. The van der Waals surface area contributed by atoms with Crippen LogP contribution in [0, 0.1) is 5.92 Å². The van der Waals surface area contributed by atoms with Crippen LogP contribution in [0.1, 0.15) is 55.6 Å². The Balaban J connectivity index is 2.10. The number of carboxylic acids is 1. The van der Waals surface area contributed by atoms with Gasteiger partial charge in [-0.25, -0.2) is 4.79 Å². The van der Waals surface area contributed by atoms with Gasteiger partial charge in [-0.3, -0.25) is 4.90 Å². The second kappa shape index (κ2) is 6.24. The van der Waals surface area contributed by atoms with Crippen LogP contribution in [0.15, 0.2) is 16.7 Å². The van der Waals surface area contributed by atoms with Crippen molar-refractivity contribution in [3.63, 3.8) is 0 Å². The van der Waals surface area contributed by atoms with Gasteiger partial charge in [0.05, 0.1) is 12.8 Å². The summed E-state index contributed by atoms with van der Waals surface area (Å²) in [4.78, 5) is 13.5. The zero-order chi connectivity index (χ0) is 13.8. The summed E-state index contributed by atoms with van der Waals surface area (Å²) in [6.45, 7) is 5.99. The lowest BCUT2D eigenvalue weighted by molar-refractivity contribution is 0.0690. The molecule has 1 aliphatic carbocycles. The van der Waals surface area contributed by atoms with Crippen molar-refractivity contribution in [3.8, 4) is 0 Å². The van der Waals surface area contributed by atoms with E-state index in [2.05, 4.69) is 18.7 Å². The van der Waals surface area contributed by atoms with E-state index in [1.54, 1.807) is 6.07 Å². The second-order valence-corrected chi connectivity index (χ2v) is 5.82. The first-order valence-electron chi connectivity index (χ1n) is 7.11. The molecule has 1 aromatic heterocycles. The summed E-state index contributed by atoms with van der Waals surface area (Å²) in [7, 11) is 0. The first kappa shape index (κ1) is 14.1. The van der Waals surface area contributed by atoms with Crippen molar-refractivity contribution in [1.82, 2.24) is 4.90 Å². The Kier molecular flexibility index (Phi) is 4.64. The molecule has 0 aliphatic heterocycles. The number of hydrogen-bond donors (Lipinski definition) is 1. The van der Waals surface area contributed by atoms with Crippen molar-refractivity contribution in [2.45, 2.75) is 52.1 Å². The van der Waals surface area contributed by atoms with Crippen LogP contribution in [-0.2, 0) is 6.54 Å². The molecule has 2 rings (SSSR count). The van der Waals surface area contributed by atoms with Gasteiger partial charge in [-0.1, -0.05) is 26.7 Å². The van der Waals surface area contributed by atoms with Gasteiger partial charge in [-0.15, -0.1) is 0 Å². The van der Waals surface area contributed by atoms with E-state index in [1.165, 1.54) is 31.9 Å². The molecular formula is C15H23NO3. The minimum absolute atomic E-state index is 0.298. The molecule has 0 atom stereocenters. The molecule has 0 radical (unpaired) electrons. The molecular weight excluding hydrogens is 242 g/mol. The summed E-state index contributed by atoms with van der Waals surface area (Å²) in [6, 6.07) is 2.12. The van der Waals surface area contributed by atoms with E-state index in [1.807, 2.05) is 0 Å². The Morgan fingerprint density at radius 2 is 2.16 bits per heavy atom. The maximum Gasteiger partial charge on any atom is 0.339 e. The van der Waals surface area contributed by atoms with E-state index in [9.17, 15) is 4.79 Å². The van der Waals surface area contributed by atoms with E-state index < -0.39 is 5.97 Å². The molecule has 0 bridgehead atoms. The number of furan rings is 1. The lowest BCUT2D eigenvalue weighted by Gasteiger charge is -2.29. The SMILES string of the molecule is CC(C)CN(Cc1occc1C(=O)O)C1CCCC1. The van der Waals surface area contributed by atoms with E-state index >= 15 is 0 Å². The van der Waals surface area contributed by atoms with Gasteiger partial charge in [0.25, 0.3) is 0 Å². The number of aromatic carboxylic acids is 1. The van der Waals surface area contributed by atoms with E-state index in [0.29, 0.717) is 29.8 Å². The molecule has 0 amide bonds. The average Bonchev–Trinajstić information content (AvgIpc) is 2.98. The monoisotopic (exact) mass is 265 g/mol. The minimum atomic E-state index is -0.903. The summed E-state index contributed by atoms with van der Waals surface area (Å²) in [5, 5.41) is 9.14.